The Morgan fingerprint density at radius 2 is 2.26 bits per heavy atom. The maximum absolute atomic E-state index is 5.70. The highest BCUT2D eigenvalue weighted by molar-refractivity contribution is 7.80. The molecule has 0 radical (unpaired) electrons. The third-order valence-electron chi connectivity index (χ3n) is 3.14. The fourth-order valence-corrected chi connectivity index (χ4v) is 2.40. The molecule has 0 amide bonds. The summed E-state index contributed by atoms with van der Waals surface area (Å²) in [5.74, 6) is 0.588. The van der Waals surface area contributed by atoms with Crippen LogP contribution < -0.4 is 11.1 Å². The van der Waals surface area contributed by atoms with Gasteiger partial charge in [0.2, 0.25) is 5.95 Å². The molecular weight excluding hydrogens is 260 g/mol. The van der Waals surface area contributed by atoms with Crippen LogP contribution in [0.3, 0.4) is 0 Å². The van der Waals surface area contributed by atoms with Crippen molar-refractivity contribution in [2.24, 2.45) is 5.73 Å². The predicted octanol–water partition coefficient (Wildman–Crippen LogP) is 1.79. The fraction of sp³-hybridized carbons (Fsp3) is 0.615. The SMILES string of the molecule is Cc1cc(C(N)=S)nc(NC2CCOC(C)(C)C2)n1. The molecule has 1 aromatic rings. The molecule has 1 aliphatic rings. The van der Waals surface area contributed by atoms with Crippen LogP contribution in [0.25, 0.3) is 0 Å². The van der Waals surface area contributed by atoms with Crippen LogP contribution >= 0.6 is 12.2 Å². The van der Waals surface area contributed by atoms with Gasteiger partial charge >= 0.3 is 0 Å². The molecule has 1 unspecified atom stereocenters. The van der Waals surface area contributed by atoms with Gasteiger partial charge in [-0.25, -0.2) is 9.97 Å². The standard InChI is InChI=1S/C13H20N4OS/c1-8-6-10(11(14)19)17-12(15-8)16-9-4-5-18-13(2,3)7-9/h6,9H,4-5,7H2,1-3H3,(H2,14,19)(H,15,16,17). The first-order valence-corrected chi connectivity index (χ1v) is 6.82. The quantitative estimate of drug-likeness (QED) is 0.822. The number of nitrogens with two attached hydrogens (primary N) is 1. The molecule has 0 aromatic carbocycles. The van der Waals surface area contributed by atoms with Crippen LogP contribution in [0.2, 0.25) is 0 Å². The second kappa shape index (κ2) is 5.38. The number of hydrogen-bond donors (Lipinski definition) is 2. The summed E-state index contributed by atoms with van der Waals surface area (Å²) in [6, 6.07) is 2.10. The van der Waals surface area contributed by atoms with E-state index in [1.165, 1.54) is 0 Å². The van der Waals surface area contributed by atoms with E-state index in [0.29, 0.717) is 22.7 Å². The van der Waals surface area contributed by atoms with E-state index in [9.17, 15) is 0 Å². The van der Waals surface area contributed by atoms with Crippen LogP contribution in [0.5, 0.6) is 0 Å². The number of hydrogen-bond acceptors (Lipinski definition) is 5. The van der Waals surface area contributed by atoms with Gasteiger partial charge in [-0.1, -0.05) is 12.2 Å². The molecule has 104 valence electrons. The summed E-state index contributed by atoms with van der Waals surface area (Å²) in [4.78, 5) is 9.02. The zero-order chi connectivity index (χ0) is 14.0. The molecule has 19 heavy (non-hydrogen) atoms. The number of aromatic nitrogens is 2. The van der Waals surface area contributed by atoms with E-state index in [2.05, 4.69) is 29.1 Å². The smallest absolute Gasteiger partial charge is 0.223 e. The van der Waals surface area contributed by atoms with E-state index in [0.717, 1.165) is 25.1 Å². The van der Waals surface area contributed by atoms with Crippen molar-refractivity contribution in [3.05, 3.63) is 17.5 Å². The first kappa shape index (κ1) is 14.1. The maximum atomic E-state index is 5.70. The van der Waals surface area contributed by atoms with Gasteiger partial charge in [-0.05, 0) is 39.7 Å². The van der Waals surface area contributed by atoms with Crippen molar-refractivity contribution in [1.29, 1.82) is 0 Å². The summed E-state index contributed by atoms with van der Waals surface area (Å²) in [5, 5.41) is 3.36. The Kier molecular flexibility index (Phi) is 4.01. The van der Waals surface area contributed by atoms with E-state index in [4.69, 9.17) is 22.7 Å². The highest BCUT2D eigenvalue weighted by Gasteiger charge is 2.29. The lowest BCUT2D eigenvalue weighted by Crippen LogP contribution is -2.40. The zero-order valence-electron chi connectivity index (χ0n) is 11.6. The van der Waals surface area contributed by atoms with E-state index >= 15 is 0 Å². The number of nitrogens with zero attached hydrogens (tertiary/aromatic N) is 2. The van der Waals surface area contributed by atoms with Gasteiger partial charge < -0.3 is 15.8 Å². The molecule has 1 aliphatic heterocycles. The lowest BCUT2D eigenvalue weighted by Gasteiger charge is -2.35. The van der Waals surface area contributed by atoms with Gasteiger partial charge in [0.25, 0.3) is 0 Å². The van der Waals surface area contributed by atoms with E-state index in [1.54, 1.807) is 6.07 Å². The third kappa shape index (κ3) is 3.84. The third-order valence-corrected chi connectivity index (χ3v) is 3.35. The molecule has 6 heteroatoms. The summed E-state index contributed by atoms with van der Waals surface area (Å²) in [5.41, 5.74) is 6.98. The Bertz CT molecular complexity index is 490. The van der Waals surface area contributed by atoms with Gasteiger partial charge in [-0.3, -0.25) is 0 Å². The van der Waals surface area contributed by atoms with Crippen LogP contribution in [-0.4, -0.2) is 33.2 Å². The minimum atomic E-state index is -0.105. The van der Waals surface area contributed by atoms with Gasteiger partial charge in [0, 0.05) is 18.3 Å². The Morgan fingerprint density at radius 3 is 2.89 bits per heavy atom. The number of thiocarbonyl (C=S) groups is 1. The topological polar surface area (TPSA) is 73.1 Å². The molecule has 5 nitrogen and oxygen atoms in total. The summed E-state index contributed by atoms with van der Waals surface area (Å²) in [7, 11) is 0. The second-order valence-electron chi connectivity index (χ2n) is 5.52. The Hall–Kier alpha value is -1.27. The van der Waals surface area contributed by atoms with Crippen molar-refractivity contribution in [2.75, 3.05) is 11.9 Å². The minimum absolute atomic E-state index is 0.105. The summed E-state index contributed by atoms with van der Waals surface area (Å²) >= 11 is 4.96. The molecule has 1 aromatic heterocycles. The van der Waals surface area contributed by atoms with Gasteiger partial charge in [0.1, 0.15) is 10.7 Å². The Labute approximate surface area is 119 Å². The summed E-state index contributed by atoms with van der Waals surface area (Å²) in [6.07, 6.45) is 1.87. The molecule has 2 heterocycles. The molecule has 3 N–H and O–H groups in total. The highest BCUT2D eigenvalue weighted by Crippen LogP contribution is 2.25. The van der Waals surface area contributed by atoms with E-state index in [1.807, 2.05) is 6.92 Å². The van der Waals surface area contributed by atoms with Crippen molar-refractivity contribution in [2.45, 2.75) is 45.3 Å². The van der Waals surface area contributed by atoms with Crippen molar-refractivity contribution in [1.82, 2.24) is 9.97 Å². The summed E-state index contributed by atoms with van der Waals surface area (Å²) < 4.78 is 5.70. The zero-order valence-corrected chi connectivity index (χ0v) is 12.4. The number of nitrogens with one attached hydrogen (secondary N) is 1. The first-order chi connectivity index (χ1) is 8.85. The largest absolute Gasteiger partial charge is 0.388 e. The first-order valence-electron chi connectivity index (χ1n) is 6.42. The van der Waals surface area contributed by atoms with Crippen LogP contribution in [0, 0.1) is 6.92 Å². The lowest BCUT2D eigenvalue weighted by molar-refractivity contribution is -0.0553. The Balaban J connectivity index is 2.12. The molecule has 1 saturated heterocycles. The molecule has 1 fully saturated rings. The van der Waals surface area contributed by atoms with Crippen LogP contribution in [0.1, 0.15) is 38.1 Å². The average molecular weight is 280 g/mol. The minimum Gasteiger partial charge on any atom is -0.388 e. The van der Waals surface area contributed by atoms with Gasteiger partial charge in [-0.15, -0.1) is 0 Å². The van der Waals surface area contributed by atoms with Crippen LogP contribution in [0.4, 0.5) is 5.95 Å². The molecule has 0 spiro atoms. The molecule has 2 rings (SSSR count). The number of aryl methyl sites for hydroxylation is 1. The number of anilines is 1. The average Bonchev–Trinajstić information content (AvgIpc) is 2.26. The van der Waals surface area contributed by atoms with Crippen molar-refractivity contribution in [3.63, 3.8) is 0 Å². The molecule has 0 aliphatic carbocycles. The van der Waals surface area contributed by atoms with Crippen LogP contribution in [0.15, 0.2) is 6.07 Å². The van der Waals surface area contributed by atoms with Crippen molar-refractivity contribution >= 4 is 23.2 Å². The summed E-state index contributed by atoms with van der Waals surface area (Å²) in [6.45, 7) is 6.85. The molecular formula is C13H20N4OS. The Morgan fingerprint density at radius 1 is 1.53 bits per heavy atom. The van der Waals surface area contributed by atoms with Gasteiger partial charge in [0.15, 0.2) is 0 Å². The molecule has 1 atom stereocenters. The predicted molar refractivity (Wildman–Crippen MR) is 79.3 cm³/mol. The molecule has 0 saturated carbocycles. The number of ether oxygens (including phenoxy) is 1. The monoisotopic (exact) mass is 280 g/mol. The lowest BCUT2D eigenvalue weighted by atomic mass is 9.94. The fourth-order valence-electron chi connectivity index (χ4n) is 2.30. The van der Waals surface area contributed by atoms with E-state index in [-0.39, 0.29) is 5.60 Å². The van der Waals surface area contributed by atoms with Gasteiger partial charge in [0.05, 0.1) is 5.60 Å². The van der Waals surface area contributed by atoms with E-state index < -0.39 is 0 Å². The maximum Gasteiger partial charge on any atom is 0.223 e. The van der Waals surface area contributed by atoms with Crippen LogP contribution in [-0.2, 0) is 4.74 Å². The highest BCUT2D eigenvalue weighted by atomic mass is 32.1. The van der Waals surface area contributed by atoms with Crippen molar-refractivity contribution in [3.8, 4) is 0 Å². The normalized spacial score (nSPS) is 21.9. The van der Waals surface area contributed by atoms with Gasteiger partial charge in [-0.2, -0.15) is 0 Å². The number of rotatable bonds is 3. The second-order valence-corrected chi connectivity index (χ2v) is 5.96. The molecule has 0 bridgehead atoms. The van der Waals surface area contributed by atoms with Crippen molar-refractivity contribution < 1.29 is 4.74 Å².